The van der Waals surface area contributed by atoms with Gasteiger partial charge in [0, 0.05) is 12.6 Å². The molecular weight excluding hydrogens is 254 g/mol. The van der Waals surface area contributed by atoms with Gasteiger partial charge in [0.1, 0.15) is 11.8 Å². The fourth-order valence-electron chi connectivity index (χ4n) is 2.51. The molecule has 0 radical (unpaired) electrons. The first-order chi connectivity index (χ1) is 9.52. The van der Waals surface area contributed by atoms with Crippen molar-refractivity contribution in [2.24, 2.45) is 0 Å². The molecule has 0 saturated carbocycles. The summed E-state index contributed by atoms with van der Waals surface area (Å²) in [6, 6.07) is 8.10. The molecule has 20 heavy (non-hydrogen) atoms. The Balaban J connectivity index is 2.01. The molecule has 2 unspecified atom stereocenters. The predicted molar refractivity (Wildman–Crippen MR) is 77.7 cm³/mol. The molecule has 110 valence electrons. The van der Waals surface area contributed by atoms with E-state index in [2.05, 4.69) is 11.8 Å². The minimum Gasteiger partial charge on any atom is -0.497 e. The molecule has 1 saturated heterocycles. The van der Waals surface area contributed by atoms with Crippen molar-refractivity contribution < 1.29 is 14.3 Å². The van der Waals surface area contributed by atoms with Gasteiger partial charge in [-0.3, -0.25) is 9.69 Å². The molecule has 0 bridgehead atoms. The second kappa shape index (κ2) is 6.27. The van der Waals surface area contributed by atoms with Gasteiger partial charge in [-0.15, -0.1) is 0 Å². The van der Waals surface area contributed by atoms with E-state index in [0.29, 0.717) is 0 Å². The maximum absolute atomic E-state index is 12.0. The van der Waals surface area contributed by atoms with Crippen molar-refractivity contribution >= 4 is 5.97 Å². The molecule has 0 spiro atoms. The predicted octanol–water partition coefficient (Wildman–Crippen LogP) is 2.78. The second-order valence-corrected chi connectivity index (χ2v) is 5.48. The van der Waals surface area contributed by atoms with Gasteiger partial charge in [-0.2, -0.15) is 0 Å². The molecule has 0 amide bonds. The lowest BCUT2D eigenvalue weighted by Crippen LogP contribution is -2.54. The van der Waals surface area contributed by atoms with Gasteiger partial charge in [-0.1, -0.05) is 12.1 Å². The Morgan fingerprint density at radius 3 is 2.35 bits per heavy atom. The van der Waals surface area contributed by atoms with Gasteiger partial charge in [0.15, 0.2) is 0 Å². The van der Waals surface area contributed by atoms with Crippen LogP contribution in [0.4, 0.5) is 0 Å². The van der Waals surface area contributed by atoms with Crippen molar-refractivity contribution in [3.8, 4) is 5.75 Å². The smallest absolute Gasteiger partial charge is 0.323 e. The average molecular weight is 277 g/mol. The number of hydrogen-bond acceptors (Lipinski definition) is 4. The van der Waals surface area contributed by atoms with Crippen LogP contribution in [-0.4, -0.2) is 36.7 Å². The Labute approximate surface area is 120 Å². The SMILES string of the molecule is COc1ccc(C(C)N2CCC2C(=O)OC(C)C)cc1. The number of esters is 1. The number of ether oxygens (including phenoxy) is 2. The van der Waals surface area contributed by atoms with E-state index in [1.807, 2.05) is 38.1 Å². The van der Waals surface area contributed by atoms with E-state index in [1.54, 1.807) is 7.11 Å². The fourth-order valence-corrected chi connectivity index (χ4v) is 2.51. The van der Waals surface area contributed by atoms with Crippen LogP contribution in [0.25, 0.3) is 0 Å². The highest BCUT2D eigenvalue weighted by Gasteiger charge is 2.38. The topological polar surface area (TPSA) is 38.8 Å². The molecule has 2 atom stereocenters. The molecule has 1 aliphatic heterocycles. The molecule has 0 N–H and O–H groups in total. The van der Waals surface area contributed by atoms with Gasteiger partial charge >= 0.3 is 5.97 Å². The summed E-state index contributed by atoms with van der Waals surface area (Å²) in [6.07, 6.45) is 0.827. The maximum atomic E-state index is 12.0. The van der Waals surface area contributed by atoms with E-state index in [1.165, 1.54) is 5.56 Å². The summed E-state index contributed by atoms with van der Waals surface area (Å²) in [5, 5.41) is 0. The summed E-state index contributed by atoms with van der Waals surface area (Å²) >= 11 is 0. The van der Waals surface area contributed by atoms with Crippen LogP contribution in [-0.2, 0) is 9.53 Å². The number of nitrogens with zero attached hydrogens (tertiary/aromatic N) is 1. The zero-order valence-electron chi connectivity index (χ0n) is 12.6. The molecule has 4 nitrogen and oxygen atoms in total. The van der Waals surface area contributed by atoms with Crippen molar-refractivity contribution in [1.29, 1.82) is 0 Å². The Morgan fingerprint density at radius 1 is 1.25 bits per heavy atom. The molecule has 2 rings (SSSR count). The molecule has 1 aliphatic rings. The quantitative estimate of drug-likeness (QED) is 0.776. The first kappa shape index (κ1) is 14.9. The Morgan fingerprint density at radius 2 is 1.90 bits per heavy atom. The number of likely N-dealkylation sites (tertiary alicyclic amines) is 1. The van der Waals surface area contributed by atoms with Gasteiger partial charge in [-0.25, -0.2) is 0 Å². The van der Waals surface area contributed by atoms with Gasteiger partial charge < -0.3 is 9.47 Å². The van der Waals surface area contributed by atoms with Crippen molar-refractivity contribution in [1.82, 2.24) is 4.90 Å². The normalized spacial score (nSPS) is 20.4. The highest BCUT2D eigenvalue weighted by molar-refractivity contribution is 5.77. The number of carbonyl (C=O) groups is 1. The third-order valence-electron chi connectivity index (χ3n) is 3.78. The van der Waals surface area contributed by atoms with E-state index in [-0.39, 0.29) is 24.2 Å². The maximum Gasteiger partial charge on any atom is 0.323 e. The first-order valence-electron chi connectivity index (χ1n) is 7.13. The van der Waals surface area contributed by atoms with Crippen LogP contribution in [0.2, 0.25) is 0 Å². The van der Waals surface area contributed by atoms with Gasteiger partial charge in [0.05, 0.1) is 13.2 Å². The van der Waals surface area contributed by atoms with Crippen LogP contribution in [0.3, 0.4) is 0 Å². The molecule has 1 aromatic carbocycles. The third kappa shape index (κ3) is 3.12. The lowest BCUT2D eigenvalue weighted by Gasteiger charge is -2.43. The van der Waals surface area contributed by atoms with Gasteiger partial charge in [0.25, 0.3) is 0 Å². The third-order valence-corrected chi connectivity index (χ3v) is 3.78. The minimum absolute atomic E-state index is 0.0544. The zero-order valence-corrected chi connectivity index (χ0v) is 12.6. The van der Waals surface area contributed by atoms with E-state index in [0.717, 1.165) is 18.7 Å². The second-order valence-electron chi connectivity index (χ2n) is 5.48. The molecule has 0 aromatic heterocycles. The van der Waals surface area contributed by atoms with Crippen LogP contribution in [0.5, 0.6) is 5.75 Å². The molecule has 1 heterocycles. The summed E-state index contributed by atoms with van der Waals surface area (Å²) in [7, 11) is 1.66. The van der Waals surface area contributed by atoms with Crippen LogP contribution >= 0.6 is 0 Å². The van der Waals surface area contributed by atoms with Crippen molar-refractivity contribution in [2.45, 2.75) is 45.4 Å². The number of benzene rings is 1. The van der Waals surface area contributed by atoms with Gasteiger partial charge in [0.2, 0.25) is 0 Å². The zero-order chi connectivity index (χ0) is 14.7. The van der Waals surface area contributed by atoms with E-state index in [9.17, 15) is 4.79 Å². The van der Waals surface area contributed by atoms with Crippen molar-refractivity contribution in [2.75, 3.05) is 13.7 Å². The van der Waals surface area contributed by atoms with E-state index < -0.39 is 0 Å². The van der Waals surface area contributed by atoms with Crippen molar-refractivity contribution in [3.63, 3.8) is 0 Å². The van der Waals surface area contributed by atoms with E-state index >= 15 is 0 Å². The average Bonchev–Trinajstić information content (AvgIpc) is 2.36. The summed E-state index contributed by atoms with van der Waals surface area (Å²) in [6.45, 7) is 6.82. The monoisotopic (exact) mass is 277 g/mol. The lowest BCUT2D eigenvalue weighted by atomic mass is 9.96. The highest BCUT2D eigenvalue weighted by atomic mass is 16.5. The standard InChI is InChI=1S/C16H23NO3/c1-11(2)20-16(18)15-9-10-17(15)12(3)13-5-7-14(19-4)8-6-13/h5-8,11-12,15H,9-10H2,1-4H3. The Kier molecular flexibility index (Phi) is 4.65. The largest absolute Gasteiger partial charge is 0.497 e. The van der Waals surface area contributed by atoms with E-state index in [4.69, 9.17) is 9.47 Å². The Bertz CT molecular complexity index is 455. The molecular formula is C16H23NO3. The van der Waals surface area contributed by atoms with Crippen LogP contribution in [0, 0.1) is 0 Å². The summed E-state index contributed by atoms with van der Waals surface area (Å²) in [5.74, 6) is 0.743. The van der Waals surface area contributed by atoms with Crippen LogP contribution in [0.1, 0.15) is 38.8 Å². The number of rotatable bonds is 5. The fraction of sp³-hybridized carbons (Fsp3) is 0.562. The minimum atomic E-state index is -0.105. The molecule has 1 fully saturated rings. The molecule has 1 aromatic rings. The summed E-state index contributed by atoms with van der Waals surface area (Å²) < 4.78 is 10.5. The van der Waals surface area contributed by atoms with Crippen molar-refractivity contribution in [3.05, 3.63) is 29.8 Å². The first-order valence-corrected chi connectivity index (χ1v) is 7.13. The van der Waals surface area contributed by atoms with Crippen LogP contribution < -0.4 is 4.74 Å². The number of hydrogen-bond donors (Lipinski definition) is 0. The van der Waals surface area contributed by atoms with Crippen LogP contribution in [0.15, 0.2) is 24.3 Å². The highest BCUT2D eigenvalue weighted by Crippen LogP contribution is 2.31. The lowest BCUT2D eigenvalue weighted by molar-refractivity contribution is -0.160. The number of methoxy groups -OCH3 is 1. The molecule has 4 heteroatoms. The van der Waals surface area contributed by atoms with Gasteiger partial charge in [-0.05, 0) is 44.9 Å². The number of carbonyl (C=O) groups excluding carboxylic acids is 1. The summed E-state index contributed by atoms with van der Waals surface area (Å²) in [4.78, 5) is 14.2. The molecule has 0 aliphatic carbocycles. The Hall–Kier alpha value is -1.55. The summed E-state index contributed by atoms with van der Waals surface area (Å²) in [5.41, 5.74) is 1.19.